The van der Waals surface area contributed by atoms with Crippen molar-refractivity contribution in [1.82, 2.24) is 5.32 Å². The SMILES string of the molecule is CCCNC(C)CCc1ccc(F)cc1C. The summed E-state index contributed by atoms with van der Waals surface area (Å²) in [6, 6.07) is 5.59. The van der Waals surface area contributed by atoms with Crippen LogP contribution in [0.3, 0.4) is 0 Å². The van der Waals surface area contributed by atoms with Crippen LogP contribution in [0.25, 0.3) is 0 Å². The molecule has 16 heavy (non-hydrogen) atoms. The van der Waals surface area contributed by atoms with Gasteiger partial charge in [-0.3, -0.25) is 0 Å². The number of rotatable bonds is 6. The maximum Gasteiger partial charge on any atom is 0.123 e. The van der Waals surface area contributed by atoms with Gasteiger partial charge < -0.3 is 5.32 Å². The zero-order valence-corrected chi connectivity index (χ0v) is 10.5. The van der Waals surface area contributed by atoms with Gasteiger partial charge in [0.1, 0.15) is 5.82 Å². The van der Waals surface area contributed by atoms with Gasteiger partial charge in [0.2, 0.25) is 0 Å². The number of nitrogens with one attached hydrogen (secondary N) is 1. The Morgan fingerprint density at radius 3 is 2.75 bits per heavy atom. The third kappa shape index (κ3) is 4.31. The molecule has 0 heterocycles. The van der Waals surface area contributed by atoms with E-state index in [1.807, 2.05) is 13.0 Å². The van der Waals surface area contributed by atoms with E-state index in [1.165, 1.54) is 12.0 Å². The molecule has 1 aromatic rings. The minimum absolute atomic E-state index is 0.140. The Kier molecular flexibility index (Phi) is 5.47. The van der Waals surface area contributed by atoms with Gasteiger partial charge >= 0.3 is 0 Å². The monoisotopic (exact) mass is 223 g/mol. The molecule has 90 valence electrons. The molecule has 1 N–H and O–H groups in total. The van der Waals surface area contributed by atoms with Crippen molar-refractivity contribution in [2.75, 3.05) is 6.54 Å². The van der Waals surface area contributed by atoms with Gasteiger partial charge in [-0.25, -0.2) is 4.39 Å². The highest BCUT2D eigenvalue weighted by Gasteiger charge is 2.04. The van der Waals surface area contributed by atoms with Crippen LogP contribution in [0, 0.1) is 12.7 Å². The topological polar surface area (TPSA) is 12.0 Å². The summed E-state index contributed by atoms with van der Waals surface area (Å²) in [5.41, 5.74) is 2.31. The normalized spacial score (nSPS) is 12.8. The fraction of sp³-hybridized carbons (Fsp3) is 0.571. The lowest BCUT2D eigenvalue weighted by Gasteiger charge is -2.13. The Morgan fingerprint density at radius 1 is 1.38 bits per heavy atom. The molecule has 1 atom stereocenters. The van der Waals surface area contributed by atoms with Gasteiger partial charge in [-0.1, -0.05) is 13.0 Å². The van der Waals surface area contributed by atoms with Crippen LogP contribution in [-0.4, -0.2) is 12.6 Å². The van der Waals surface area contributed by atoms with Gasteiger partial charge in [0.25, 0.3) is 0 Å². The summed E-state index contributed by atoms with van der Waals surface area (Å²) < 4.78 is 12.9. The van der Waals surface area contributed by atoms with Crippen molar-refractivity contribution < 1.29 is 4.39 Å². The Labute approximate surface area is 98.1 Å². The third-order valence-corrected chi connectivity index (χ3v) is 2.89. The second-order valence-corrected chi connectivity index (χ2v) is 4.46. The van der Waals surface area contributed by atoms with Crippen LogP contribution < -0.4 is 5.32 Å². The average molecular weight is 223 g/mol. The highest BCUT2D eigenvalue weighted by molar-refractivity contribution is 5.26. The number of benzene rings is 1. The van der Waals surface area contributed by atoms with Gasteiger partial charge in [0.05, 0.1) is 0 Å². The van der Waals surface area contributed by atoms with Crippen molar-refractivity contribution in [3.05, 3.63) is 35.1 Å². The van der Waals surface area contributed by atoms with E-state index in [0.717, 1.165) is 24.9 Å². The minimum Gasteiger partial charge on any atom is -0.314 e. The lowest BCUT2D eigenvalue weighted by atomic mass is 10.0. The first-order chi connectivity index (χ1) is 7.63. The van der Waals surface area contributed by atoms with E-state index in [4.69, 9.17) is 0 Å². The first kappa shape index (κ1) is 13.2. The molecule has 0 aromatic heterocycles. The van der Waals surface area contributed by atoms with E-state index in [0.29, 0.717) is 6.04 Å². The molecular weight excluding hydrogens is 201 g/mol. The number of aryl methyl sites for hydroxylation is 2. The summed E-state index contributed by atoms with van der Waals surface area (Å²) in [7, 11) is 0. The van der Waals surface area contributed by atoms with E-state index in [1.54, 1.807) is 12.1 Å². The Morgan fingerprint density at radius 2 is 2.12 bits per heavy atom. The molecule has 0 saturated carbocycles. The number of hydrogen-bond acceptors (Lipinski definition) is 1. The summed E-state index contributed by atoms with van der Waals surface area (Å²) in [4.78, 5) is 0. The van der Waals surface area contributed by atoms with Crippen LogP contribution in [0.4, 0.5) is 4.39 Å². The molecule has 1 aromatic carbocycles. The minimum atomic E-state index is -0.140. The van der Waals surface area contributed by atoms with Crippen molar-refractivity contribution in [2.24, 2.45) is 0 Å². The van der Waals surface area contributed by atoms with Gasteiger partial charge in [0, 0.05) is 6.04 Å². The Balaban J connectivity index is 2.42. The quantitative estimate of drug-likeness (QED) is 0.779. The standard InChI is InChI=1S/C14H22FN/c1-4-9-16-12(3)5-6-13-7-8-14(15)10-11(13)2/h7-8,10,12,16H,4-6,9H2,1-3H3. The van der Waals surface area contributed by atoms with Gasteiger partial charge in [0.15, 0.2) is 0 Å². The van der Waals surface area contributed by atoms with Gasteiger partial charge in [-0.15, -0.1) is 0 Å². The van der Waals surface area contributed by atoms with Crippen molar-refractivity contribution >= 4 is 0 Å². The maximum atomic E-state index is 12.9. The van der Waals surface area contributed by atoms with Gasteiger partial charge in [-0.05, 0) is 62.9 Å². The smallest absolute Gasteiger partial charge is 0.123 e. The molecule has 0 fully saturated rings. The zero-order valence-electron chi connectivity index (χ0n) is 10.5. The summed E-state index contributed by atoms with van der Waals surface area (Å²) in [5, 5.41) is 3.46. The van der Waals surface area contributed by atoms with Crippen LogP contribution in [0.15, 0.2) is 18.2 Å². The van der Waals surface area contributed by atoms with E-state index >= 15 is 0 Å². The predicted octanol–water partition coefficient (Wildman–Crippen LogP) is 3.45. The zero-order chi connectivity index (χ0) is 12.0. The summed E-state index contributed by atoms with van der Waals surface area (Å²) >= 11 is 0. The number of halogens is 1. The summed E-state index contributed by atoms with van der Waals surface area (Å²) in [6.45, 7) is 7.42. The summed E-state index contributed by atoms with van der Waals surface area (Å²) in [5.74, 6) is -0.140. The fourth-order valence-electron chi connectivity index (χ4n) is 1.80. The fourth-order valence-corrected chi connectivity index (χ4v) is 1.80. The lowest BCUT2D eigenvalue weighted by molar-refractivity contribution is 0.513. The van der Waals surface area contributed by atoms with E-state index in [9.17, 15) is 4.39 Å². The molecule has 0 bridgehead atoms. The molecule has 0 spiro atoms. The van der Waals surface area contributed by atoms with Gasteiger partial charge in [-0.2, -0.15) is 0 Å². The molecule has 2 heteroatoms. The van der Waals surface area contributed by atoms with Crippen LogP contribution in [0.2, 0.25) is 0 Å². The largest absolute Gasteiger partial charge is 0.314 e. The van der Waals surface area contributed by atoms with E-state index in [2.05, 4.69) is 19.2 Å². The predicted molar refractivity (Wildman–Crippen MR) is 67.2 cm³/mol. The second kappa shape index (κ2) is 6.64. The van der Waals surface area contributed by atoms with E-state index < -0.39 is 0 Å². The average Bonchev–Trinajstić information content (AvgIpc) is 2.25. The Bertz CT molecular complexity index is 323. The van der Waals surface area contributed by atoms with Crippen LogP contribution in [0.5, 0.6) is 0 Å². The molecule has 0 saturated heterocycles. The van der Waals surface area contributed by atoms with Crippen molar-refractivity contribution in [3.8, 4) is 0 Å². The maximum absolute atomic E-state index is 12.9. The molecule has 1 unspecified atom stereocenters. The number of hydrogen-bond donors (Lipinski definition) is 1. The Hall–Kier alpha value is -0.890. The molecule has 0 aliphatic carbocycles. The molecule has 1 rings (SSSR count). The highest BCUT2D eigenvalue weighted by Crippen LogP contribution is 2.13. The molecular formula is C14H22FN. The molecule has 0 radical (unpaired) electrons. The molecule has 0 amide bonds. The summed E-state index contributed by atoms with van der Waals surface area (Å²) in [6.07, 6.45) is 3.29. The lowest BCUT2D eigenvalue weighted by Crippen LogP contribution is -2.27. The highest BCUT2D eigenvalue weighted by atomic mass is 19.1. The molecule has 0 aliphatic rings. The second-order valence-electron chi connectivity index (χ2n) is 4.46. The molecule has 1 nitrogen and oxygen atoms in total. The van der Waals surface area contributed by atoms with Crippen molar-refractivity contribution in [3.63, 3.8) is 0 Å². The van der Waals surface area contributed by atoms with Crippen LogP contribution >= 0.6 is 0 Å². The molecule has 0 aliphatic heterocycles. The van der Waals surface area contributed by atoms with Crippen LogP contribution in [-0.2, 0) is 6.42 Å². The van der Waals surface area contributed by atoms with Crippen molar-refractivity contribution in [1.29, 1.82) is 0 Å². The van der Waals surface area contributed by atoms with Crippen LogP contribution in [0.1, 0.15) is 37.8 Å². The van der Waals surface area contributed by atoms with Crippen molar-refractivity contribution in [2.45, 2.75) is 46.1 Å². The van der Waals surface area contributed by atoms with E-state index in [-0.39, 0.29) is 5.82 Å². The first-order valence-corrected chi connectivity index (χ1v) is 6.12. The third-order valence-electron chi connectivity index (χ3n) is 2.89. The first-order valence-electron chi connectivity index (χ1n) is 6.12.